The van der Waals surface area contributed by atoms with Crippen molar-refractivity contribution in [1.82, 2.24) is 0 Å². The number of ether oxygens (including phenoxy) is 1. The molecule has 0 saturated heterocycles. The van der Waals surface area contributed by atoms with E-state index in [4.69, 9.17) is 4.74 Å². The zero-order valence-corrected chi connectivity index (χ0v) is 17.6. The van der Waals surface area contributed by atoms with Crippen LogP contribution in [0.3, 0.4) is 0 Å². The van der Waals surface area contributed by atoms with Gasteiger partial charge >= 0.3 is 0 Å². The molecule has 2 aromatic rings. The quantitative estimate of drug-likeness (QED) is 0.418. The van der Waals surface area contributed by atoms with Gasteiger partial charge in [-0.2, -0.15) is 4.39 Å². The first kappa shape index (κ1) is 21.5. The summed E-state index contributed by atoms with van der Waals surface area (Å²) < 4.78 is 34.1. The van der Waals surface area contributed by atoms with E-state index in [1.165, 1.54) is 11.1 Å². The predicted molar refractivity (Wildman–Crippen MR) is 115 cm³/mol. The highest BCUT2D eigenvalue weighted by molar-refractivity contribution is 5.33. The average Bonchev–Trinajstić information content (AvgIpc) is 2.74. The molecule has 3 heteroatoms. The second-order valence-corrected chi connectivity index (χ2v) is 8.19. The van der Waals surface area contributed by atoms with Gasteiger partial charge in [-0.1, -0.05) is 55.0 Å². The number of aryl methyl sites for hydroxylation is 2. The topological polar surface area (TPSA) is 9.23 Å². The highest BCUT2D eigenvalue weighted by Gasteiger charge is 2.25. The van der Waals surface area contributed by atoms with Gasteiger partial charge in [0.1, 0.15) is 0 Å². The van der Waals surface area contributed by atoms with Crippen molar-refractivity contribution in [3.63, 3.8) is 0 Å². The van der Waals surface area contributed by atoms with Crippen LogP contribution in [0.15, 0.2) is 48.6 Å². The van der Waals surface area contributed by atoms with E-state index in [1.54, 1.807) is 12.1 Å². The molecule has 0 aromatic heterocycles. The standard InChI is InChI=1S/C26H32F2O/c1-3-18-29-24-17-16-23(25(27)26(24)28)22-14-12-21(13-15-22)7-5-4-6-20-10-8-19(2)9-11-20/h5,7-11,16-17,21-22H,3-4,6,12-15,18H2,1-2H3/b7-5+. The van der Waals surface area contributed by atoms with Crippen LogP contribution in [0.4, 0.5) is 8.78 Å². The van der Waals surface area contributed by atoms with E-state index in [0.29, 0.717) is 18.1 Å². The molecule has 1 fully saturated rings. The SMILES string of the molecule is CCCOc1ccc(C2CCC(/C=C/CCc3ccc(C)cc3)CC2)c(F)c1F. The Morgan fingerprint density at radius 2 is 1.69 bits per heavy atom. The summed E-state index contributed by atoms with van der Waals surface area (Å²) in [6.45, 7) is 4.45. The van der Waals surface area contributed by atoms with Crippen molar-refractivity contribution >= 4 is 0 Å². The molecular formula is C26H32F2O. The van der Waals surface area contributed by atoms with E-state index in [0.717, 1.165) is 44.9 Å². The number of hydrogen-bond acceptors (Lipinski definition) is 1. The summed E-state index contributed by atoms with van der Waals surface area (Å²) in [5, 5.41) is 0. The molecule has 1 aliphatic carbocycles. The maximum Gasteiger partial charge on any atom is 0.200 e. The van der Waals surface area contributed by atoms with Gasteiger partial charge in [0.05, 0.1) is 6.61 Å². The van der Waals surface area contributed by atoms with Gasteiger partial charge in [-0.3, -0.25) is 0 Å². The summed E-state index contributed by atoms with van der Waals surface area (Å²) in [5.41, 5.74) is 3.17. The van der Waals surface area contributed by atoms with E-state index < -0.39 is 11.6 Å². The van der Waals surface area contributed by atoms with Crippen molar-refractivity contribution < 1.29 is 13.5 Å². The minimum absolute atomic E-state index is 0.0262. The lowest BCUT2D eigenvalue weighted by atomic mass is 9.78. The zero-order valence-electron chi connectivity index (χ0n) is 17.6. The predicted octanol–water partition coefficient (Wildman–Crippen LogP) is 7.52. The summed E-state index contributed by atoms with van der Waals surface area (Å²) in [5.74, 6) is -0.894. The van der Waals surface area contributed by atoms with Crippen LogP contribution in [0.1, 0.15) is 68.1 Å². The summed E-state index contributed by atoms with van der Waals surface area (Å²) in [7, 11) is 0. The Balaban J connectivity index is 1.48. The minimum Gasteiger partial charge on any atom is -0.490 e. The largest absolute Gasteiger partial charge is 0.490 e. The van der Waals surface area contributed by atoms with Crippen LogP contribution in [-0.2, 0) is 6.42 Å². The third-order valence-electron chi connectivity index (χ3n) is 5.88. The zero-order chi connectivity index (χ0) is 20.6. The molecule has 0 heterocycles. The molecule has 29 heavy (non-hydrogen) atoms. The van der Waals surface area contributed by atoms with Crippen LogP contribution >= 0.6 is 0 Å². The normalized spacial score (nSPS) is 19.6. The molecule has 0 bridgehead atoms. The van der Waals surface area contributed by atoms with Gasteiger partial charge in [-0.15, -0.1) is 0 Å². The number of benzene rings is 2. The molecule has 0 radical (unpaired) electrons. The average molecular weight is 399 g/mol. The number of hydrogen-bond donors (Lipinski definition) is 0. The fraction of sp³-hybridized carbons (Fsp3) is 0.462. The van der Waals surface area contributed by atoms with E-state index in [-0.39, 0.29) is 11.7 Å². The van der Waals surface area contributed by atoms with Crippen LogP contribution in [0.25, 0.3) is 0 Å². The second-order valence-electron chi connectivity index (χ2n) is 8.19. The lowest BCUT2D eigenvalue weighted by molar-refractivity contribution is 0.292. The maximum absolute atomic E-state index is 14.5. The lowest BCUT2D eigenvalue weighted by Crippen LogP contribution is -2.14. The smallest absolute Gasteiger partial charge is 0.200 e. The third kappa shape index (κ3) is 5.91. The van der Waals surface area contributed by atoms with Crippen molar-refractivity contribution in [3.8, 4) is 5.75 Å². The first-order valence-corrected chi connectivity index (χ1v) is 10.9. The Bertz CT molecular complexity index is 802. The van der Waals surface area contributed by atoms with E-state index in [2.05, 4.69) is 43.3 Å². The summed E-state index contributed by atoms with van der Waals surface area (Å²) in [6.07, 6.45) is 11.3. The van der Waals surface area contributed by atoms with Gasteiger partial charge in [0.2, 0.25) is 5.82 Å². The molecule has 0 amide bonds. The minimum atomic E-state index is -0.839. The highest BCUT2D eigenvalue weighted by atomic mass is 19.2. The van der Waals surface area contributed by atoms with Gasteiger partial charge in [0, 0.05) is 0 Å². The van der Waals surface area contributed by atoms with Crippen molar-refractivity contribution in [2.24, 2.45) is 5.92 Å². The number of allylic oxidation sites excluding steroid dienone is 2. The van der Waals surface area contributed by atoms with Crippen LogP contribution < -0.4 is 4.74 Å². The fourth-order valence-electron chi connectivity index (χ4n) is 4.10. The number of rotatable bonds is 8. The molecule has 1 saturated carbocycles. The molecule has 1 aliphatic rings. The first-order chi connectivity index (χ1) is 14.1. The fourth-order valence-corrected chi connectivity index (χ4v) is 4.10. The monoisotopic (exact) mass is 398 g/mol. The van der Waals surface area contributed by atoms with E-state index >= 15 is 0 Å². The lowest BCUT2D eigenvalue weighted by Gasteiger charge is -2.27. The van der Waals surface area contributed by atoms with Crippen LogP contribution in [0.5, 0.6) is 5.75 Å². The first-order valence-electron chi connectivity index (χ1n) is 10.9. The summed E-state index contributed by atoms with van der Waals surface area (Å²) >= 11 is 0. The Morgan fingerprint density at radius 1 is 0.966 bits per heavy atom. The van der Waals surface area contributed by atoms with Crippen molar-refractivity contribution in [1.29, 1.82) is 0 Å². The van der Waals surface area contributed by atoms with E-state index in [1.807, 2.05) is 6.92 Å². The molecule has 0 aliphatic heterocycles. The summed E-state index contributed by atoms with van der Waals surface area (Å²) in [6, 6.07) is 12.0. The van der Waals surface area contributed by atoms with Gasteiger partial charge in [-0.05, 0) is 80.9 Å². The molecule has 0 spiro atoms. The van der Waals surface area contributed by atoms with Crippen molar-refractivity contribution in [2.45, 2.75) is 64.7 Å². The molecule has 0 unspecified atom stereocenters. The Labute approximate surface area is 173 Å². The third-order valence-corrected chi connectivity index (χ3v) is 5.88. The molecule has 3 rings (SSSR count). The van der Waals surface area contributed by atoms with E-state index in [9.17, 15) is 8.78 Å². The number of halogens is 2. The van der Waals surface area contributed by atoms with Gasteiger partial charge in [-0.25, -0.2) is 4.39 Å². The molecule has 2 aromatic carbocycles. The van der Waals surface area contributed by atoms with Crippen molar-refractivity contribution in [2.75, 3.05) is 6.61 Å². The molecule has 156 valence electrons. The summed E-state index contributed by atoms with van der Waals surface area (Å²) in [4.78, 5) is 0. The van der Waals surface area contributed by atoms with Crippen LogP contribution in [-0.4, -0.2) is 6.61 Å². The Kier molecular flexibility index (Phi) is 7.85. The van der Waals surface area contributed by atoms with Gasteiger partial charge < -0.3 is 4.74 Å². The Hall–Kier alpha value is -2.16. The maximum atomic E-state index is 14.5. The van der Waals surface area contributed by atoms with Crippen LogP contribution in [0.2, 0.25) is 0 Å². The highest BCUT2D eigenvalue weighted by Crippen LogP contribution is 2.39. The molecule has 0 atom stereocenters. The van der Waals surface area contributed by atoms with Gasteiger partial charge in [0.15, 0.2) is 11.6 Å². The van der Waals surface area contributed by atoms with Crippen molar-refractivity contribution in [3.05, 3.63) is 76.9 Å². The Morgan fingerprint density at radius 3 is 2.38 bits per heavy atom. The second kappa shape index (κ2) is 10.6. The van der Waals surface area contributed by atoms with Gasteiger partial charge in [0.25, 0.3) is 0 Å². The van der Waals surface area contributed by atoms with Crippen LogP contribution in [0, 0.1) is 24.5 Å². The molecule has 1 nitrogen and oxygen atoms in total. The molecule has 0 N–H and O–H groups in total. The molecular weight excluding hydrogens is 366 g/mol.